The number of carbonyl (C=O) groups is 1. The summed E-state index contributed by atoms with van der Waals surface area (Å²) in [6.45, 7) is 3.69. The third kappa shape index (κ3) is 2.41. The molecule has 6 heteroatoms. The molecule has 0 unspecified atom stereocenters. The number of hydrogen-bond acceptors (Lipinski definition) is 4. The third-order valence-electron chi connectivity index (χ3n) is 4.47. The number of aromatic nitrogens is 2. The van der Waals surface area contributed by atoms with Gasteiger partial charge in [0, 0.05) is 26.7 Å². The summed E-state index contributed by atoms with van der Waals surface area (Å²) >= 11 is 1.66. The van der Waals surface area contributed by atoms with Gasteiger partial charge in [-0.15, -0.1) is 11.8 Å². The van der Waals surface area contributed by atoms with Crippen LogP contribution in [0.5, 0.6) is 0 Å². The van der Waals surface area contributed by atoms with Crippen molar-refractivity contribution in [3.63, 3.8) is 0 Å². The average Bonchev–Trinajstić information content (AvgIpc) is 3.13. The minimum absolute atomic E-state index is 0.245. The van der Waals surface area contributed by atoms with E-state index in [0.29, 0.717) is 11.3 Å². The standard InChI is InChI=1S/C19H16N2O3S/c1-9-17(10(2)24-21-9)11-6-14-13-8-12(25-3)4-5-16(13)20-18(14)15(7-11)19(22)23/h4-8,20H,1-3H3,(H,22,23). The van der Waals surface area contributed by atoms with Crippen molar-refractivity contribution < 1.29 is 14.4 Å². The van der Waals surface area contributed by atoms with Gasteiger partial charge in [0.1, 0.15) is 5.76 Å². The lowest BCUT2D eigenvalue weighted by atomic mass is 9.98. The Hall–Kier alpha value is -2.73. The highest BCUT2D eigenvalue weighted by Gasteiger charge is 2.19. The summed E-state index contributed by atoms with van der Waals surface area (Å²) in [7, 11) is 0. The minimum Gasteiger partial charge on any atom is -0.478 e. The molecule has 0 saturated carbocycles. The van der Waals surface area contributed by atoms with Crippen LogP contribution in [-0.4, -0.2) is 27.5 Å². The molecule has 0 aliphatic rings. The summed E-state index contributed by atoms with van der Waals surface area (Å²) in [4.78, 5) is 16.2. The van der Waals surface area contributed by atoms with Gasteiger partial charge in [-0.25, -0.2) is 4.79 Å². The van der Waals surface area contributed by atoms with Crippen molar-refractivity contribution in [2.45, 2.75) is 18.7 Å². The quantitative estimate of drug-likeness (QED) is 0.507. The number of aromatic carboxylic acids is 1. The van der Waals surface area contributed by atoms with E-state index in [1.165, 1.54) is 0 Å². The molecule has 2 aromatic heterocycles. The first kappa shape index (κ1) is 15.8. The number of thioether (sulfide) groups is 1. The molecule has 2 heterocycles. The van der Waals surface area contributed by atoms with E-state index < -0.39 is 5.97 Å². The number of hydrogen-bond donors (Lipinski definition) is 2. The Labute approximate surface area is 148 Å². The Morgan fingerprint density at radius 1 is 1.20 bits per heavy atom. The van der Waals surface area contributed by atoms with Crippen LogP contribution in [-0.2, 0) is 0 Å². The van der Waals surface area contributed by atoms with Gasteiger partial charge in [-0.1, -0.05) is 5.16 Å². The first-order valence-corrected chi connectivity index (χ1v) is 9.02. The van der Waals surface area contributed by atoms with Gasteiger partial charge in [0.05, 0.1) is 16.8 Å². The minimum atomic E-state index is -0.963. The Balaban J connectivity index is 2.13. The van der Waals surface area contributed by atoms with E-state index in [1.54, 1.807) is 17.8 Å². The lowest BCUT2D eigenvalue weighted by Gasteiger charge is -2.05. The average molecular weight is 352 g/mol. The molecule has 4 rings (SSSR count). The molecule has 0 spiro atoms. The molecular weight excluding hydrogens is 336 g/mol. The van der Waals surface area contributed by atoms with E-state index in [9.17, 15) is 9.90 Å². The van der Waals surface area contributed by atoms with Crippen LogP contribution in [0, 0.1) is 13.8 Å². The number of aryl methyl sites for hydroxylation is 2. The van der Waals surface area contributed by atoms with Crippen molar-refractivity contribution in [1.82, 2.24) is 10.1 Å². The van der Waals surface area contributed by atoms with Crippen molar-refractivity contribution in [2.75, 3.05) is 6.26 Å². The summed E-state index contributed by atoms with van der Waals surface area (Å²) in [5, 5.41) is 15.6. The number of fused-ring (bicyclic) bond motifs is 3. The fraction of sp³-hybridized carbons (Fsp3) is 0.158. The first-order chi connectivity index (χ1) is 12.0. The van der Waals surface area contributed by atoms with Crippen molar-refractivity contribution in [3.8, 4) is 11.1 Å². The molecule has 0 atom stereocenters. The zero-order valence-electron chi connectivity index (χ0n) is 14.0. The van der Waals surface area contributed by atoms with Crippen molar-refractivity contribution in [3.05, 3.63) is 47.3 Å². The normalized spacial score (nSPS) is 11.5. The van der Waals surface area contributed by atoms with Gasteiger partial charge in [-0.3, -0.25) is 0 Å². The van der Waals surface area contributed by atoms with Crippen LogP contribution >= 0.6 is 11.8 Å². The van der Waals surface area contributed by atoms with Gasteiger partial charge in [-0.2, -0.15) is 0 Å². The zero-order valence-corrected chi connectivity index (χ0v) is 14.8. The molecule has 2 aromatic carbocycles. The second kappa shape index (κ2) is 5.67. The smallest absolute Gasteiger partial charge is 0.337 e. The number of nitrogens with zero attached hydrogens (tertiary/aromatic N) is 1. The van der Waals surface area contributed by atoms with Gasteiger partial charge in [-0.05, 0) is 56.0 Å². The molecule has 25 heavy (non-hydrogen) atoms. The monoisotopic (exact) mass is 352 g/mol. The number of carboxylic acids is 1. The van der Waals surface area contributed by atoms with Crippen molar-refractivity contribution >= 4 is 39.5 Å². The number of benzene rings is 2. The number of aromatic amines is 1. The van der Waals surface area contributed by atoms with Gasteiger partial charge < -0.3 is 14.6 Å². The molecule has 0 aliphatic carbocycles. The van der Waals surface area contributed by atoms with E-state index >= 15 is 0 Å². The van der Waals surface area contributed by atoms with Crippen LogP contribution in [0.1, 0.15) is 21.8 Å². The fourth-order valence-electron chi connectivity index (χ4n) is 3.31. The second-order valence-corrected chi connectivity index (χ2v) is 6.87. The maximum atomic E-state index is 11.8. The molecule has 0 aliphatic heterocycles. The molecule has 0 bridgehead atoms. The van der Waals surface area contributed by atoms with E-state index in [4.69, 9.17) is 4.52 Å². The predicted octanol–water partition coefficient (Wildman–Crippen LogP) is 5.01. The Morgan fingerprint density at radius 3 is 2.64 bits per heavy atom. The van der Waals surface area contributed by atoms with Crippen LogP contribution in [0.15, 0.2) is 39.8 Å². The van der Waals surface area contributed by atoms with Crippen molar-refractivity contribution in [2.24, 2.45) is 0 Å². The zero-order chi connectivity index (χ0) is 17.7. The number of rotatable bonds is 3. The van der Waals surface area contributed by atoms with Gasteiger partial charge >= 0.3 is 5.97 Å². The van der Waals surface area contributed by atoms with E-state index in [2.05, 4.69) is 16.2 Å². The third-order valence-corrected chi connectivity index (χ3v) is 5.19. The van der Waals surface area contributed by atoms with Crippen LogP contribution in [0.3, 0.4) is 0 Å². The van der Waals surface area contributed by atoms with Gasteiger partial charge in [0.2, 0.25) is 0 Å². The second-order valence-electron chi connectivity index (χ2n) is 5.99. The van der Waals surface area contributed by atoms with Gasteiger partial charge in [0.15, 0.2) is 0 Å². The molecule has 0 fully saturated rings. The topological polar surface area (TPSA) is 79.1 Å². The highest BCUT2D eigenvalue weighted by molar-refractivity contribution is 7.98. The van der Waals surface area contributed by atoms with Crippen LogP contribution in [0.25, 0.3) is 32.9 Å². The SMILES string of the molecule is CSc1ccc2[nH]c3c(C(=O)O)cc(-c4c(C)noc4C)cc3c2c1. The molecular formula is C19H16N2O3S. The lowest BCUT2D eigenvalue weighted by Crippen LogP contribution is -1.98. The molecule has 126 valence electrons. The summed E-state index contributed by atoms with van der Waals surface area (Å²) in [6, 6.07) is 9.79. The first-order valence-electron chi connectivity index (χ1n) is 7.79. The Kier molecular flexibility index (Phi) is 3.58. The van der Waals surface area contributed by atoms with E-state index in [0.717, 1.165) is 38.0 Å². The number of H-pyrrole nitrogens is 1. The number of carboxylic acid groups (broad SMARTS) is 1. The van der Waals surface area contributed by atoms with Crippen LogP contribution < -0.4 is 0 Å². The summed E-state index contributed by atoms with van der Waals surface area (Å²) < 4.78 is 5.26. The highest BCUT2D eigenvalue weighted by Crippen LogP contribution is 2.36. The number of nitrogens with one attached hydrogen (secondary N) is 1. The fourth-order valence-corrected chi connectivity index (χ4v) is 3.75. The van der Waals surface area contributed by atoms with Crippen LogP contribution in [0.2, 0.25) is 0 Å². The Morgan fingerprint density at radius 2 is 2.00 bits per heavy atom. The van der Waals surface area contributed by atoms with Crippen molar-refractivity contribution in [1.29, 1.82) is 0 Å². The summed E-state index contributed by atoms with van der Waals surface area (Å²) in [5.74, 6) is -0.284. The van der Waals surface area contributed by atoms with E-state index in [-0.39, 0.29) is 5.56 Å². The molecule has 0 radical (unpaired) electrons. The molecule has 0 amide bonds. The Bertz CT molecular complexity index is 1120. The molecule has 4 aromatic rings. The highest BCUT2D eigenvalue weighted by atomic mass is 32.2. The molecule has 0 saturated heterocycles. The lowest BCUT2D eigenvalue weighted by molar-refractivity contribution is 0.0699. The molecule has 5 nitrogen and oxygen atoms in total. The maximum Gasteiger partial charge on any atom is 0.337 e. The van der Waals surface area contributed by atoms with Crippen LogP contribution in [0.4, 0.5) is 0 Å². The predicted molar refractivity (Wildman–Crippen MR) is 99.5 cm³/mol. The largest absolute Gasteiger partial charge is 0.478 e. The molecule has 2 N–H and O–H groups in total. The summed E-state index contributed by atoms with van der Waals surface area (Å²) in [5.41, 5.74) is 4.20. The van der Waals surface area contributed by atoms with E-state index in [1.807, 2.05) is 38.3 Å². The maximum absolute atomic E-state index is 11.8. The summed E-state index contributed by atoms with van der Waals surface area (Å²) in [6.07, 6.45) is 2.02. The van der Waals surface area contributed by atoms with Gasteiger partial charge in [0.25, 0.3) is 0 Å².